The quantitative estimate of drug-likeness (QED) is 0.931. The summed E-state index contributed by atoms with van der Waals surface area (Å²) in [5.41, 5.74) is 3.76. The summed E-state index contributed by atoms with van der Waals surface area (Å²) in [6.07, 6.45) is 4.84. The van der Waals surface area contributed by atoms with Crippen LogP contribution in [0.4, 0.5) is 5.69 Å². The Hall–Kier alpha value is -1.84. The van der Waals surface area contributed by atoms with Crippen LogP contribution in [0.2, 0.25) is 0 Å². The highest BCUT2D eigenvalue weighted by atomic mass is 15.3. The van der Waals surface area contributed by atoms with Crippen molar-refractivity contribution in [2.24, 2.45) is 0 Å². The van der Waals surface area contributed by atoms with Crippen LogP contribution in [0, 0.1) is 13.8 Å². The van der Waals surface area contributed by atoms with Crippen LogP contribution in [0.5, 0.6) is 0 Å². The van der Waals surface area contributed by atoms with E-state index in [0.29, 0.717) is 0 Å². The first-order valence-corrected chi connectivity index (χ1v) is 7.46. The molecule has 0 saturated heterocycles. The largest absolute Gasteiger partial charge is 0.378 e. The maximum absolute atomic E-state index is 4.35. The van der Waals surface area contributed by atoms with Crippen molar-refractivity contribution in [2.45, 2.75) is 52.6 Å². The Kier molecular flexibility index (Phi) is 3.72. The predicted molar refractivity (Wildman–Crippen MR) is 80.8 cm³/mol. The monoisotopic (exact) mass is 270 g/mol. The van der Waals surface area contributed by atoms with E-state index >= 15 is 0 Å². The van der Waals surface area contributed by atoms with Gasteiger partial charge in [0.1, 0.15) is 5.82 Å². The first-order valence-electron chi connectivity index (χ1n) is 7.46. The van der Waals surface area contributed by atoms with E-state index < -0.39 is 0 Å². The number of nitrogens with one attached hydrogen (secondary N) is 1. The van der Waals surface area contributed by atoms with Crippen molar-refractivity contribution in [1.29, 1.82) is 0 Å². The highest BCUT2D eigenvalue weighted by molar-refractivity contribution is 5.51. The highest BCUT2D eigenvalue weighted by Gasteiger charge is 2.14. The van der Waals surface area contributed by atoms with Gasteiger partial charge in [-0.1, -0.05) is 24.1 Å². The molecule has 106 valence electrons. The molecule has 1 aliphatic rings. The summed E-state index contributed by atoms with van der Waals surface area (Å²) in [7, 11) is 0. The standard InChI is InChI=1S/C16H22N4/c1-12-7-8-14(13(2)10-12)17-11-16-19-18-15-6-4-3-5-9-20(15)16/h7-8,10,17H,3-6,9,11H2,1-2H3. The van der Waals surface area contributed by atoms with Gasteiger partial charge in [-0.25, -0.2) is 0 Å². The van der Waals surface area contributed by atoms with Crippen LogP contribution < -0.4 is 5.32 Å². The number of aryl methyl sites for hydroxylation is 3. The molecule has 0 atom stereocenters. The summed E-state index contributed by atoms with van der Waals surface area (Å²) in [5.74, 6) is 2.21. The lowest BCUT2D eigenvalue weighted by molar-refractivity contribution is 0.610. The number of rotatable bonds is 3. The van der Waals surface area contributed by atoms with Crippen molar-refractivity contribution in [3.05, 3.63) is 41.0 Å². The summed E-state index contributed by atoms with van der Waals surface area (Å²) in [6, 6.07) is 6.48. The zero-order valence-corrected chi connectivity index (χ0v) is 12.3. The van der Waals surface area contributed by atoms with Crippen molar-refractivity contribution in [1.82, 2.24) is 14.8 Å². The van der Waals surface area contributed by atoms with Crippen molar-refractivity contribution in [3.63, 3.8) is 0 Å². The van der Waals surface area contributed by atoms with E-state index in [9.17, 15) is 0 Å². The van der Waals surface area contributed by atoms with Crippen LogP contribution in [0.15, 0.2) is 18.2 Å². The lowest BCUT2D eigenvalue weighted by Crippen LogP contribution is -2.10. The maximum atomic E-state index is 4.35. The first-order chi connectivity index (χ1) is 9.74. The molecule has 1 N–H and O–H groups in total. The molecule has 4 heteroatoms. The molecule has 0 aliphatic carbocycles. The zero-order valence-electron chi connectivity index (χ0n) is 12.3. The van der Waals surface area contributed by atoms with Crippen LogP contribution in [-0.4, -0.2) is 14.8 Å². The van der Waals surface area contributed by atoms with E-state index in [2.05, 4.69) is 52.1 Å². The normalized spacial score (nSPS) is 14.7. The van der Waals surface area contributed by atoms with Gasteiger partial charge in [-0.2, -0.15) is 0 Å². The van der Waals surface area contributed by atoms with E-state index in [1.807, 2.05) is 0 Å². The third-order valence-corrected chi connectivity index (χ3v) is 4.00. The fourth-order valence-corrected chi connectivity index (χ4v) is 2.86. The number of anilines is 1. The molecule has 2 heterocycles. The minimum absolute atomic E-state index is 0.747. The Balaban J connectivity index is 1.74. The second-order valence-electron chi connectivity index (χ2n) is 5.67. The Morgan fingerprint density at radius 3 is 2.90 bits per heavy atom. The van der Waals surface area contributed by atoms with E-state index in [-0.39, 0.29) is 0 Å². The van der Waals surface area contributed by atoms with Gasteiger partial charge in [-0.15, -0.1) is 10.2 Å². The fourth-order valence-electron chi connectivity index (χ4n) is 2.86. The van der Waals surface area contributed by atoms with Crippen molar-refractivity contribution >= 4 is 5.69 Å². The molecular weight excluding hydrogens is 248 g/mol. The minimum atomic E-state index is 0.747. The van der Waals surface area contributed by atoms with Crippen molar-refractivity contribution < 1.29 is 0 Å². The van der Waals surface area contributed by atoms with E-state index in [0.717, 1.165) is 31.2 Å². The molecule has 4 nitrogen and oxygen atoms in total. The zero-order chi connectivity index (χ0) is 13.9. The third kappa shape index (κ3) is 2.69. The summed E-state index contributed by atoms with van der Waals surface area (Å²) in [4.78, 5) is 0. The van der Waals surface area contributed by atoms with Gasteiger partial charge in [0.25, 0.3) is 0 Å². The van der Waals surface area contributed by atoms with E-state index in [1.54, 1.807) is 0 Å². The molecular formula is C16H22N4. The third-order valence-electron chi connectivity index (χ3n) is 4.00. The molecule has 1 aromatic carbocycles. The van der Waals surface area contributed by atoms with Gasteiger partial charge in [0.2, 0.25) is 0 Å². The summed E-state index contributed by atoms with van der Waals surface area (Å²) in [6.45, 7) is 6.07. The second-order valence-corrected chi connectivity index (χ2v) is 5.67. The number of nitrogens with zero attached hydrogens (tertiary/aromatic N) is 3. The van der Waals surface area contributed by atoms with Gasteiger partial charge in [-0.05, 0) is 38.3 Å². The fraction of sp³-hybridized carbons (Fsp3) is 0.500. The van der Waals surface area contributed by atoms with E-state index in [4.69, 9.17) is 0 Å². The van der Waals surface area contributed by atoms with Crippen molar-refractivity contribution in [2.75, 3.05) is 5.32 Å². The van der Waals surface area contributed by atoms with Crippen LogP contribution in [0.25, 0.3) is 0 Å². The number of fused-ring (bicyclic) bond motifs is 1. The number of hydrogen-bond acceptors (Lipinski definition) is 3. The highest BCUT2D eigenvalue weighted by Crippen LogP contribution is 2.18. The van der Waals surface area contributed by atoms with Gasteiger partial charge < -0.3 is 9.88 Å². The average molecular weight is 270 g/mol. The molecule has 0 amide bonds. The lowest BCUT2D eigenvalue weighted by atomic mass is 10.1. The molecule has 0 fully saturated rings. The second kappa shape index (κ2) is 5.65. The predicted octanol–water partition coefficient (Wildman–Crippen LogP) is 3.23. The van der Waals surface area contributed by atoms with Crippen LogP contribution in [0.1, 0.15) is 42.0 Å². The Morgan fingerprint density at radius 1 is 1.15 bits per heavy atom. The molecule has 0 unspecified atom stereocenters. The van der Waals surface area contributed by atoms with Gasteiger partial charge >= 0.3 is 0 Å². The first kappa shape index (κ1) is 13.2. The summed E-state index contributed by atoms with van der Waals surface area (Å²) in [5, 5.41) is 12.2. The van der Waals surface area contributed by atoms with Crippen LogP contribution in [0.3, 0.4) is 0 Å². The number of aromatic nitrogens is 3. The molecule has 0 spiro atoms. The Morgan fingerprint density at radius 2 is 2.05 bits per heavy atom. The molecule has 0 radical (unpaired) electrons. The summed E-state index contributed by atoms with van der Waals surface area (Å²) >= 11 is 0. The van der Waals surface area contributed by atoms with Crippen LogP contribution >= 0.6 is 0 Å². The summed E-state index contributed by atoms with van der Waals surface area (Å²) < 4.78 is 2.30. The van der Waals surface area contributed by atoms with Gasteiger partial charge in [0, 0.05) is 18.7 Å². The number of hydrogen-bond donors (Lipinski definition) is 1. The Labute approximate surface area is 120 Å². The topological polar surface area (TPSA) is 42.7 Å². The SMILES string of the molecule is Cc1ccc(NCc2nnc3n2CCCCC3)c(C)c1. The molecule has 0 bridgehead atoms. The Bertz CT molecular complexity index is 601. The molecule has 1 aliphatic heterocycles. The van der Waals surface area contributed by atoms with Gasteiger partial charge in [0.15, 0.2) is 5.82 Å². The maximum Gasteiger partial charge on any atom is 0.152 e. The lowest BCUT2D eigenvalue weighted by Gasteiger charge is -2.11. The average Bonchev–Trinajstić information content (AvgIpc) is 2.66. The van der Waals surface area contributed by atoms with E-state index in [1.165, 1.54) is 36.1 Å². The van der Waals surface area contributed by atoms with Gasteiger partial charge in [0.05, 0.1) is 6.54 Å². The van der Waals surface area contributed by atoms with Crippen LogP contribution in [-0.2, 0) is 19.5 Å². The molecule has 3 rings (SSSR count). The van der Waals surface area contributed by atoms with Crippen molar-refractivity contribution in [3.8, 4) is 0 Å². The number of benzene rings is 1. The molecule has 0 saturated carbocycles. The van der Waals surface area contributed by atoms with Gasteiger partial charge in [-0.3, -0.25) is 0 Å². The molecule has 2 aromatic rings. The smallest absolute Gasteiger partial charge is 0.152 e. The minimum Gasteiger partial charge on any atom is -0.378 e. The molecule has 1 aromatic heterocycles. The molecule has 20 heavy (non-hydrogen) atoms.